The first-order chi connectivity index (χ1) is 11.6. The van der Waals surface area contributed by atoms with Crippen LogP contribution in [0.25, 0.3) is 0 Å². The molecule has 0 spiro atoms. The smallest absolute Gasteiger partial charge is 0.163 e. The van der Waals surface area contributed by atoms with E-state index in [0.717, 1.165) is 24.1 Å². The zero-order valence-electron chi connectivity index (χ0n) is 14.1. The SMILES string of the molecule is CCCNCc1cc(OCC)c(OCc2ccc(F)cc2)cc1Cl. The number of hydrogen-bond acceptors (Lipinski definition) is 3. The molecule has 0 radical (unpaired) electrons. The summed E-state index contributed by atoms with van der Waals surface area (Å²) in [6, 6.07) is 9.91. The Labute approximate surface area is 147 Å². The van der Waals surface area contributed by atoms with Gasteiger partial charge < -0.3 is 14.8 Å². The average molecular weight is 352 g/mol. The number of hydrogen-bond donors (Lipinski definition) is 1. The first-order valence-electron chi connectivity index (χ1n) is 8.17. The van der Waals surface area contributed by atoms with Crippen LogP contribution in [0.3, 0.4) is 0 Å². The Morgan fingerprint density at radius 3 is 2.42 bits per heavy atom. The third kappa shape index (κ3) is 5.39. The molecule has 0 bridgehead atoms. The Bertz CT molecular complexity index is 647. The molecule has 2 aromatic rings. The van der Waals surface area contributed by atoms with Crippen LogP contribution in [-0.4, -0.2) is 13.2 Å². The summed E-state index contributed by atoms with van der Waals surface area (Å²) in [5.74, 6) is 0.989. The van der Waals surface area contributed by atoms with Crippen molar-refractivity contribution in [3.8, 4) is 11.5 Å². The fourth-order valence-corrected chi connectivity index (χ4v) is 2.46. The molecule has 0 saturated heterocycles. The quantitative estimate of drug-likeness (QED) is 0.648. The molecule has 0 unspecified atom stereocenters. The van der Waals surface area contributed by atoms with Crippen LogP contribution in [0, 0.1) is 5.82 Å². The van der Waals surface area contributed by atoms with E-state index < -0.39 is 0 Å². The summed E-state index contributed by atoms with van der Waals surface area (Å²) in [5, 5.41) is 3.96. The third-order valence-electron chi connectivity index (χ3n) is 3.46. The van der Waals surface area contributed by atoms with Crippen LogP contribution >= 0.6 is 11.6 Å². The number of nitrogens with one attached hydrogen (secondary N) is 1. The molecule has 0 aliphatic heterocycles. The Morgan fingerprint density at radius 1 is 1.04 bits per heavy atom. The summed E-state index contributed by atoms with van der Waals surface area (Å²) < 4.78 is 24.5. The van der Waals surface area contributed by atoms with Gasteiger partial charge in [0.05, 0.1) is 6.61 Å². The van der Waals surface area contributed by atoms with Gasteiger partial charge >= 0.3 is 0 Å². The van der Waals surface area contributed by atoms with E-state index in [1.165, 1.54) is 12.1 Å². The molecule has 0 aliphatic rings. The van der Waals surface area contributed by atoms with Gasteiger partial charge in [-0.2, -0.15) is 0 Å². The monoisotopic (exact) mass is 351 g/mol. The maximum absolute atomic E-state index is 13.0. The van der Waals surface area contributed by atoms with E-state index in [9.17, 15) is 4.39 Å². The lowest BCUT2D eigenvalue weighted by Gasteiger charge is -2.15. The first kappa shape index (κ1) is 18.6. The summed E-state index contributed by atoms with van der Waals surface area (Å²) in [5.41, 5.74) is 1.85. The second kappa shape index (κ2) is 9.50. The number of benzene rings is 2. The molecule has 130 valence electrons. The van der Waals surface area contributed by atoms with Crippen molar-refractivity contribution in [3.63, 3.8) is 0 Å². The summed E-state index contributed by atoms with van der Waals surface area (Å²) >= 11 is 6.36. The zero-order valence-corrected chi connectivity index (χ0v) is 14.8. The van der Waals surface area contributed by atoms with E-state index in [4.69, 9.17) is 21.1 Å². The van der Waals surface area contributed by atoms with Gasteiger partial charge in [-0.15, -0.1) is 0 Å². The largest absolute Gasteiger partial charge is 0.490 e. The molecule has 5 heteroatoms. The van der Waals surface area contributed by atoms with Gasteiger partial charge in [0.1, 0.15) is 12.4 Å². The Morgan fingerprint density at radius 2 is 1.75 bits per heavy atom. The minimum Gasteiger partial charge on any atom is -0.490 e. The van der Waals surface area contributed by atoms with Gasteiger partial charge in [-0.05, 0) is 49.2 Å². The maximum atomic E-state index is 13.0. The number of rotatable bonds is 9. The van der Waals surface area contributed by atoms with E-state index in [2.05, 4.69) is 12.2 Å². The molecule has 0 heterocycles. The second-order valence-corrected chi connectivity index (χ2v) is 5.82. The molecule has 1 N–H and O–H groups in total. The van der Waals surface area contributed by atoms with E-state index in [-0.39, 0.29) is 5.82 Å². The predicted molar refractivity (Wildman–Crippen MR) is 95.4 cm³/mol. The van der Waals surface area contributed by atoms with Gasteiger partial charge in [0.2, 0.25) is 0 Å². The molecule has 3 nitrogen and oxygen atoms in total. The zero-order chi connectivity index (χ0) is 17.4. The minimum atomic E-state index is -0.263. The fraction of sp³-hybridized carbons (Fsp3) is 0.368. The van der Waals surface area contributed by atoms with E-state index in [0.29, 0.717) is 36.3 Å². The van der Waals surface area contributed by atoms with Crippen molar-refractivity contribution in [1.29, 1.82) is 0 Å². The van der Waals surface area contributed by atoms with Crippen LogP contribution in [-0.2, 0) is 13.2 Å². The third-order valence-corrected chi connectivity index (χ3v) is 3.81. The molecule has 0 saturated carbocycles. The van der Waals surface area contributed by atoms with Crippen LogP contribution in [0.4, 0.5) is 4.39 Å². The van der Waals surface area contributed by atoms with Crippen molar-refractivity contribution in [2.24, 2.45) is 0 Å². The molecule has 0 aromatic heterocycles. The average Bonchev–Trinajstić information content (AvgIpc) is 2.58. The van der Waals surface area contributed by atoms with Gasteiger partial charge in [0, 0.05) is 17.6 Å². The molecule has 24 heavy (non-hydrogen) atoms. The Hall–Kier alpha value is -1.78. The lowest BCUT2D eigenvalue weighted by atomic mass is 10.2. The highest BCUT2D eigenvalue weighted by Crippen LogP contribution is 2.34. The Kier molecular flexibility index (Phi) is 7.35. The van der Waals surface area contributed by atoms with Crippen LogP contribution in [0.5, 0.6) is 11.5 Å². The van der Waals surface area contributed by atoms with Crippen molar-refractivity contribution < 1.29 is 13.9 Å². The van der Waals surface area contributed by atoms with Gasteiger partial charge in [-0.25, -0.2) is 4.39 Å². The molecule has 0 amide bonds. The van der Waals surface area contributed by atoms with Crippen LogP contribution in [0.15, 0.2) is 36.4 Å². The van der Waals surface area contributed by atoms with Crippen LogP contribution < -0.4 is 14.8 Å². The lowest BCUT2D eigenvalue weighted by molar-refractivity contribution is 0.269. The van der Waals surface area contributed by atoms with Crippen molar-refractivity contribution >= 4 is 11.6 Å². The van der Waals surface area contributed by atoms with Gasteiger partial charge in [0.25, 0.3) is 0 Å². The standard InChI is InChI=1S/C19H23ClFNO2/c1-3-9-22-12-15-10-18(23-4-2)19(11-17(15)20)24-13-14-5-7-16(21)8-6-14/h5-8,10-11,22H,3-4,9,12-13H2,1-2H3. The van der Waals surface area contributed by atoms with Gasteiger partial charge in [-0.3, -0.25) is 0 Å². The Balaban J connectivity index is 2.12. The second-order valence-electron chi connectivity index (χ2n) is 5.42. The molecule has 2 rings (SSSR count). The topological polar surface area (TPSA) is 30.5 Å². The summed E-state index contributed by atoms with van der Waals surface area (Å²) in [4.78, 5) is 0. The minimum absolute atomic E-state index is 0.263. The van der Waals surface area contributed by atoms with E-state index >= 15 is 0 Å². The molecular weight excluding hydrogens is 329 g/mol. The summed E-state index contributed by atoms with van der Waals surface area (Å²) in [6.07, 6.45) is 1.06. The molecular formula is C19H23ClFNO2. The fourth-order valence-electron chi connectivity index (χ4n) is 2.24. The highest BCUT2D eigenvalue weighted by molar-refractivity contribution is 6.31. The van der Waals surface area contributed by atoms with Crippen LogP contribution in [0.2, 0.25) is 5.02 Å². The summed E-state index contributed by atoms with van der Waals surface area (Å²) in [6.45, 7) is 6.52. The van der Waals surface area contributed by atoms with E-state index in [1.807, 2.05) is 13.0 Å². The normalized spacial score (nSPS) is 10.7. The number of halogens is 2. The highest BCUT2D eigenvalue weighted by Gasteiger charge is 2.11. The maximum Gasteiger partial charge on any atom is 0.163 e. The van der Waals surface area contributed by atoms with Crippen molar-refractivity contribution in [1.82, 2.24) is 5.32 Å². The molecule has 0 fully saturated rings. The predicted octanol–water partition coefficient (Wildman–Crippen LogP) is 4.96. The first-order valence-corrected chi connectivity index (χ1v) is 8.55. The number of ether oxygens (including phenoxy) is 2. The van der Waals surface area contributed by atoms with E-state index in [1.54, 1.807) is 18.2 Å². The van der Waals surface area contributed by atoms with Crippen molar-refractivity contribution in [3.05, 3.63) is 58.4 Å². The highest BCUT2D eigenvalue weighted by atomic mass is 35.5. The molecule has 0 aliphatic carbocycles. The van der Waals surface area contributed by atoms with Crippen molar-refractivity contribution in [2.75, 3.05) is 13.2 Å². The van der Waals surface area contributed by atoms with Crippen molar-refractivity contribution in [2.45, 2.75) is 33.4 Å². The molecule has 0 atom stereocenters. The van der Waals surface area contributed by atoms with Gasteiger partial charge in [0.15, 0.2) is 11.5 Å². The summed E-state index contributed by atoms with van der Waals surface area (Å²) in [7, 11) is 0. The van der Waals surface area contributed by atoms with Gasteiger partial charge in [-0.1, -0.05) is 30.7 Å². The lowest BCUT2D eigenvalue weighted by Crippen LogP contribution is -2.14. The van der Waals surface area contributed by atoms with Crippen LogP contribution in [0.1, 0.15) is 31.4 Å². The molecule has 2 aromatic carbocycles.